The highest BCUT2D eigenvalue weighted by atomic mass is 32.2. The molecule has 11 heteroatoms. The lowest BCUT2D eigenvalue weighted by Crippen LogP contribution is -2.56. The number of nitrogens with two attached hydrogens (primary N) is 1. The van der Waals surface area contributed by atoms with Crippen LogP contribution in [0.1, 0.15) is 42.9 Å². The van der Waals surface area contributed by atoms with E-state index in [-0.39, 0.29) is 29.9 Å². The van der Waals surface area contributed by atoms with Gasteiger partial charge in [0.15, 0.2) is 0 Å². The van der Waals surface area contributed by atoms with Crippen LogP contribution in [-0.4, -0.2) is 79.1 Å². The van der Waals surface area contributed by atoms with Crippen molar-refractivity contribution in [1.82, 2.24) is 14.7 Å². The summed E-state index contributed by atoms with van der Waals surface area (Å²) in [5.74, 6) is -0.123. The van der Waals surface area contributed by atoms with Crippen molar-refractivity contribution < 1.29 is 18.4 Å². The molecule has 3 aliphatic heterocycles. The van der Waals surface area contributed by atoms with E-state index in [1.807, 2.05) is 21.9 Å². The van der Waals surface area contributed by atoms with Crippen LogP contribution in [0, 0.1) is 11.3 Å². The number of nitrogens with one attached hydrogen (secondary N) is 1. The third-order valence-corrected chi connectivity index (χ3v) is 7.89. The van der Waals surface area contributed by atoms with E-state index in [4.69, 9.17) is 10.3 Å². The molecule has 1 aliphatic carbocycles. The third-order valence-electron chi connectivity index (χ3n) is 7.48. The highest BCUT2D eigenvalue weighted by Crippen LogP contribution is 2.44. The molecule has 33 heavy (non-hydrogen) atoms. The molecule has 3 saturated heterocycles. The molecule has 0 radical (unpaired) electrons. The summed E-state index contributed by atoms with van der Waals surface area (Å²) in [6, 6.07) is 6.46. The van der Waals surface area contributed by atoms with E-state index in [2.05, 4.69) is 10.8 Å². The summed E-state index contributed by atoms with van der Waals surface area (Å²) in [7, 11) is 0. The van der Waals surface area contributed by atoms with Gasteiger partial charge in [0.1, 0.15) is 6.04 Å². The first-order valence-electron chi connectivity index (χ1n) is 11.4. The molecule has 0 saturated carbocycles. The summed E-state index contributed by atoms with van der Waals surface area (Å²) in [5.41, 5.74) is 9.00. The maximum absolute atomic E-state index is 13.3. The van der Waals surface area contributed by atoms with Crippen LogP contribution in [0.15, 0.2) is 18.2 Å². The average molecular weight is 473 g/mol. The molecule has 0 spiro atoms. The number of carbonyl (C=O) groups is 2. The Morgan fingerprint density at radius 1 is 1.36 bits per heavy atom. The Morgan fingerprint density at radius 3 is 2.91 bits per heavy atom. The second-order valence-electron chi connectivity index (χ2n) is 9.35. The van der Waals surface area contributed by atoms with Gasteiger partial charge in [0.25, 0.3) is 11.3 Å². The van der Waals surface area contributed by atoms with Crippen LogP contribution in [0.5, 0.6) is 0 Å². The van der Waals surface area contributed by atoms with Crippen LogP contribution in [0.25, 0.3) is 0 Å². The van der Waals surface area contributed by atoms with E-state index < -0.39 is 23.4 Å². The molecule has 5 rings (SSSR count). The Kier molecular flexibility index (Phi) is 5.86. The van der Waals surface area contributed by atoms with Crippen molar-refractivity contribution in [2.45, 2.75) is 62.3 Å². The first-order chi connectivity index (χ1) is 15.9. The minimum Gasteiger partial charge on any atom is -0.330 e. The quantitative estimate of drug-likeness (QED) is 0.507. The summed E-state index contributed by atoms with van der Waals surface area (Å²) >= 11 is -2.12. The Morgan fingerprint density at radius 2 is 2.18 bits per heavy atom. The van der Waals surface area contributed by atoms with Crippen molar-refractivity contribution in [2.24, 2.45) is 5.73 Å². The molecule has 4 aliphatic rings. The summed E-state index contributed by atoms with van der Waals surface area (Å²) < 4.78 is 22.6. The number of aryl methyl sites for hydroxylation is 1. The number of benzene rings is 1. The van der Waals surface area contributed by atoms with Crippen molar-refractivity contribution in [3.05, 3.63) is 29.3 Å². The number of carbonyl (C=O) groups excluding carboxylic acids is 2. The molecular formula is C22H28N6O4S. The molecule has 4 N–H and O–H groups in total. The van der Waals surface area contributed by atoms with Gasteiger partial charge < -0.3 is 15.5 Å². The Balaban J connectivity index is 1.24. The number of piperazine rings is 1. The predicted molar refractivity (Wildman–Crippen MR) is 121 cm³/mol. The topological polar surface area (TPSA) is 143 Å². The van der Waals surface area contributed by atoms with Crippen LogP contribution < -0.4 is 10.5 Å². The Bertz CT molecular complexity index is 1040. The number of rotatable bonds is 6. The van der Waals surface area contributed by atoms with Crippen molar-refractivity contribution in [3.63, 3.8) is 0 Å². The van der Waals surface area contributed by atoms with Gasteiger partial charge in [0.05, 0.1) is 24.2 Å². The largest absolute Gasteiger partial charge is 0.330 e. The first-order valence-corrected chi connectivity index (χ1v) is 12.5. The van der Waals surface area contributed by atoms with Gasteiger partial charge in [-0.1, -0.05) is 6.07 Å². The zero-order valence-electron chi connectivity index (χ0n) is 18.2. The van der Waals surface area contributed by atoms with Gasteiger partial charge in [-0.2, -0.15) is 5.26 Å². The Labute approximate surface area is 195 Å². The zero-order valence-corrected chi connectivity index (χ0v) is 19.0. The van der Waals surface area contributed by atoms with Crippen molar-refractivity contribution in [1.29, 1.82) is 5.26 Å². The van der Waals surface area contributed by atoms with E-state index in [0.717, 1.165) is 36.8 Å². The Hall–Kier alpha value is -2.52. The molecule has 1 unspecified atom stereocenters. The van der Waals surface area contributed by atoms with Crippen molar-refractivity contribution in [2.75, 3.05) is 24.4 Å². The molecular weight excluding hydrogens is 444 g/mol. The predicted octanol–water partition coefficient (Wildman–Crippen LogP) is 0.349. The second-order valence-corrected chi connectivity index (χ2v) is 10.1. The summed E-state index contributed by atoms with van der Waals surface area (Å²) in [5, 5.41) is 9.25. The lowest BCUT2D eigenvalue weighted by Gasteiger charge is -2.38. The zero-order chi connectivity index (χ0) is 23.3. The molecule has 176 valence electrons. The van der Waals surface area contributed by atoms with Gasteiger partial charge in [-0.15, -0.1) is 0 Å². The second kappa shape index (κ2) is 8.68. The summed E-state index contributed by atoms with van der Waals surface area (Å²) in [6.45, 7) is 1.58. The SMILES string of the molecule is N#C[C@@H]1CCCN1C(=O)[C@@H](N)CN1C[C@H]2C[C@@H]1C(=O)N2[C@H]1CCc2cc(NS(=O)O)ccc21. The molecule has 3 fully saturated rings. The highest BCUT2D eigenvalue weighted by Gasteiger charge is 2.53. The molecule has 3 heterocycles. The molecule has 1 aromatic rings. The maximum Gasteiger partial charge on any atom is 0.259 e. The number of hydrogen-bond donors (Lipinski definition) is 3. The van der Waals surface area contributed by atoms with E-state index in [9.17, 15) is 19.1 Å². The number of hydrogen-bond acceptors (Lipinski definition) is 6. The standard InChI is InChI=1S/C22H28N6O4S/c23-10-15-2-1-7-27(15)21(29)18(24)12-26-11-16-9-20(26)22(30)28(16)19-6-3-13-8-14(25-33(31)32)4-5-17(13)19/h4-5,8,15-16,18-20,25H,1-3,6-7,9,11-12,24H2,(H,31,32)/t15-,16+,18-,19-,20+/m0/s1. The van der Waals surface area contributed by atoms with Gasteiger partial charge in [-0.3, -0.25) is 23.8 Å². The molecule has 2 amide bonds. The van der Waals surface area contributed by atoms with Gasteiger partial charge in [-0.25, -0.2) is 4.21 Å². The van der Waals surface area contributed by atoms with E-state index >= 15 is 0 Å². The van der Waals surface area contributed by atoms with E-state index in [1.54, 1.807) is 11.0 Å². The van der Waals surface area contributed by atoms with Gasteiger partial charge >= 0.3 is 0 Å². The smallest absolute Gasteiger partial charge is 0.259 e. The number of fused-ring (bicyclic) bond motifs is 3. The number of nitriles is 1. The normalized spacial score (nSPS) is 30.4. The van der Waals surface area contributed by atoms with Crippen LogP contribution in [0.2, 0.25) is 0 Å². The van der Waals surface area contributed by atoms with Crippen LogP contribution in [-0.2, 0) is 27.3 Å². The summed E-state index contributed by atoms with van der Waals surface area (Å²) in [4.78, 5) is 31.7. The maximum atomic E-state index is 13.3. The van der Waals surface area contributed by atoms with Gasteiger partial charge in [-0.05, 0) is 55.4 Å². The van der Waals surface area contributed by atoms with Crippen molar-refractivity contribution in [3.8, 4) is 6.07 Å². The fourth-order valence-electron chi connectivity index (χ4n) is 6.06. The fraction of sp³-hybridized carbons (Fsp3) is 0.591. The third kappa shape index (κ3) is 3.91. The number of nitrogens with zero attached hydrogens (tertiary/aromatic N) is 4. The molecule has 1 aromatic carbocycles. The highest BCUT2D eigenvalue weighted by molar-refractivity contribution is 7.80. The minimum atomic E-state index is -2.12. The van der Waals surface area contributed by atoms with E-state index in [1.165, 1.54) is 0 Å². The number of likely N-dealkylation sites (tertiary alicyclic amines) is 3. The van der Waals surface area contributed by atoms with Gasteiger partial charge in [0, 0.05) is 31.4 Å². The van der Waals surface area contributed by atoms with E-state index in [0.29, 0.717) is 31.7 Å². The lowest BCUT2D eigenvalue weighted by molar-refractivity contribution is -0.141. The molecule has 6 atom stereocenters. The minimum absolute atomic E-state index is 0.00890. The molecule has 0 aromatic heterocycles. The van der Waals surface area contributed by atoms with Crippen molar-refractivity contribution >= 4 is 28.8 Å². The van der Waals surface area contributed by atoms with Gasteiger partial charge in [0.2, 0.25) is 11.8 Å². The number of amides is 2. The summed E-state index contributed by atoms with van der Waals surface area (Å²) in [6.07, 6.45) is 3.89. The fourth-order valence-corrected chi connectivity index (χ4v) is 6.38. The van der Waals surface area contributed by atoms with Crippen LogP contribution in [0.3, 0.4) is 0 Å². The van der Waals surface area contributed by atoms with Crippen LogP contribution in [0.4, 0.5) is 5.69 Å². The molecule has 2 bridgehead atoms. The number of anilines is 1. The first kappa shape index (κ1) is 22.3. The van der Waals surface area contributed by atoms with Crippen LogP contribution >= 0.6 is 0 Å². The lowest BCUT2D eigenvalue weighted by atomic mass is 10.0. The molecule has 10 nitrogen and oxygen atoms in total. The average Bonchev–Trinajstić information content (AvgIpc) is 3.55. The monoisotopic (exact) mass is 472 g/mol.